The first-order chi connectivity index (χ1) is 28.5. The van der Waals surface area contributed by atoms with E-state index in [0.29, 0.717) is 30.8 Å². The average molecular weight is 792 g/mol. The van der Waals surface area contributed by atoms with Crippen molar-refractivity contribution < 1.29 is 29.1 Å². The topological polar surface area (TPSA) is 131 Å². The van der Waals surface area contributed by atoms with Gasteiger partial charge in [-0.2, -0.15) is 0 Å². The van der Waals surface area contributed by atoms with E-state index < -0.39 is 29.7 Å². The van der Waals surface area contributed by atoms with E-state index in [1.54, 1.807) is 12.1 Å². The first-order valence-corrected chi connectivity index (χ1v) is 21.1. The van der Waals surface area contributed by atoms with Crippen molar-refractivity contribution in [3.8, 4) is 5.75 Å². The summed E-state index contributed by atoms with van der Waals surface area (Å²) in [7, 11) is 0. The Bertz CT molecular complexity index is 2340. The molecular formula is C48H49N5O6. The van der Waals surface area contributed by atoms with E-state index in [1.165, 1.54) is 27.9 Å². The van der Waals surface area contributed by atoms with E-state index >= 15 is 0 Å². The zero-order valence-electron chi connectivity index (χ0n) is 33.4. The van der Waals surface area contributed by atoms with E-state index in [1.807, 2.05) is 17.0 Å². The van der Waals surface area contributed by atoms with Crippen LogP contribution in [0.15, 0.2) is 84.9 Å². The number of benzene rings is 4. The number of nitrogens with one attached hydrogen (secondary N) is 1. The lowest BCUT2D eigenvalue weighted by Crippen LogP contribution is -2.54. The molecule has 6 aliphatic rings. The van der Waals surface area contributed by atoms with E-state index in [9.17, 15) is 29.1 Å². The second kappa shape index (κ2) is 14.5. The van der Waals surface area contributed by atoms with Crippen LogP contribution in [0.3, 0.4) is 0 Å². The third kappa shape index (κ3) is 6.59. The molecule has 59 heavy (non-hydrogen) atoms. The van der Waals surface area contributed by atoms with Gasteiger partial charge in [-0.1, -0.05) is 48.5 Å². The molecule has 2 N–H and O–H groups in total. The lowest BCUT2D eigenvalue weighted by atomic mass is 9.69. The number of phenolic OH excluding ortho intramolecular Hbond substituents is 1. The van der Waals surface area contributed by atoms with E-state index in [-0.39, 0.29) is 47.8 Å². The van der Waals surface area contributed by atoms with E-state index in [2.05, 4.69) is 82.7 Å². The number of hydrogen-bond acceptors (Lipinski definition) is 8. The van der Waals surface area contributed by atoms with Crippen LogP contribution >= 0.6 is 0 Å². The lowest BCUT2D eigenvalue weighted by Gasteiger charge is -2.40. The molecule has 4 aromatic carbocycles. The molecule has 10 rings (SSSR count). The van der Waals surface area contributed by atoms with Gasteiger partial charge >= 0.3 is 0 Å². The van der Waals surface area contributed by atoms with Crippen LogP contribution in [-0.2, 0) is 33.9 Å². The molecule has 0 bridgehead atoms. The number of likely N-dealkylation sites (tertiary alicyclic amines) is 1. The largest absolute Gasteiger partial charge is 0.508 e. The van der Waals surface area contributed by atoms with Gasteiger partial charge in [-0.25, -0.2) is 0 Å². The highest BCUT2D eigenvalue weighted by Crippen LogP contribution is 2.49. The van der Waals surface area contributed by atoms with Crippen LogP contribution in [0.4, 0.5) is 5.69 Å². The summed E-state index contributed by atoms with van der Waals surface area (Å²) < 4.78 is 0. The molecule has 5 heterocycles. The Morgan fingerprint density at radius 2 is 1.49 bits per heavy atom. The minimum Gasteiger partial charge on any atom is -0.508 e. The van der Waals surface area contributed by atoms with Gasteiger partial charge in [-0.3, -0.25) is 39.1 Å². The predicted molar refractivity (Wildman–Crippen MR) is 221 cm³/mol. The summed E-state index contributed by atoms with van der Waals surface area (Å²) in [6, 6.07) is 28.8. The number of anilines is 1. The minimum atomic E-state index is -0.994. The molecule has 11 nitrogen and oxygen atoms in total. The van der Waals surface area contributed by atoms with Crippen molar-refractivity contribution in [1.82, 2.24) is 20.0 Å². The van der Waals surface area contributed by atoms with Crippen LogP contribution < -0.4 is 10.2 Å². The quantitative estimate of drug-likeness (QED) is 0.232. The highest BCUT2D eigenvalue weighted by molar-refractivity contribution is 6.23. The van der Waals surface area contributed by atoms with Crippen LogP contribution in [0.5, 0.6) is 5.75 Å². The third-order valence-electron chi connectivity index (χ3n) is 14.3. The molecule has 3 fully saturated rings. The standard InChI is InChI=1S/C48H49N5O6/c1-29-24-48(28-52(29)35-10-7-31(8-11-35)44-37(30-5-3-2-4-6-30)13-9-32-21-36(54)12-14-38(32)44)17-19-51(20-18-48)43(56)27-50-25-33-22-39-40(23-34(33)26-50)47(59)53(46(39)58)41-15-16-42(55)49-45(41)57/h2-8,10-12,14,21-23,29,37,41,44,54H,9,13,15-20,24-28H2,1H3,(H,49,55,57)/t29-,37+,41+,44-/m0/s1. The molecule has 0 aromatic heterocycles. The van der Waals surface area contributed by atoms with Crippen molar-refractivity contribution in [3.05, 3.63) is 129 Å². The van der Waals surface area contributed by atoms with Gasteiger partial charge in [0.05, 0.1) is 17.7 Å². The third-order valence-corrected chi connectivity index (χ3v) is 14.3. The molecule has 302 valence electrons. The summed E-state index contributed by atoms with van der Waals surface area (Å²) in [5.41, 5.74) is 8.95. The highest BCUT2D eigenvalue weighted by atomic mass is 16.3. The maximum Gasteiger partial charge on any atom is 0.262 e. The Kier molecular flexibility index (Phi) is 9.19. The molecule has 4 atom stereocenters. The molecule has 0 saturated carbocycles. The van der Waals surface area contributed by atoms with Crippen molar-refractivity contribution in [2.75, 3.05) is 31.1 Å². The van der Waals surface area contributed by atoms with Crippen molar-refractivity contribution in [2.24, 2.45) is 5.41 Å². The van der Waals surface area contributed by atoms with Gasteiger partial charge in [-0.05, 0) is 127 Å². The number of phenols is 1. The van der Waals surface area contributed by atoms with Gasteiger partial charge in [0.15, 0.2) is 0 Å². The fourth-order valence-electron chi connectivity index (χ4n) is 11.2. The SMILES string of the molecule is C[C@H]1CC2(CCN(C(=O)CN3Cc4cc5c(cc4C3)C(=O)N([C@@H]3CCC(=O)NC3=O)C5=O)CC2)CN1c1ccc([C@@H]2c3ccc(O)cc3CC[C@@H]2c2ccccc2)cc1. The minimum absolute atomic E-state index is 0.0786. The monoisotopic (exact) mass is 791 g/mol. The number of aromatic hydroxyl groups is 1. The fourth-order valence-corrected chi connectivity index (χ4v) is 11.2. The average Bonchev–Trinajstić information content (AvgIpc) is 3.86. The van der Waals surface area contributed by atoms with Gasteiger partial charge < -0.3 is 14.9 Å². The molecule has 5 aliphatic heterocycles. The smallest absolute Gasteiger partial charge is 0.262 e. The summed E-state index contributed by atoms with van der Waals surface area (Å²) in [5, 5.41) is 12.5. The summed E-state index contributed by atoms with van der Waals surface area (Å²) >= 11 is 0. The number of imide groups is 2. The molecule has 0 radical (unpaired) electrons. The number of rotatable bonds is 6. The van der Waals surface area contributed by atoms with Crippen molar-refractivity contribution in [2.45, 2.75) is 88.9 Å². The van der Waals surface area contributed by atoms with Crippen LogP contribution in [0.1, 0.15) is 111 Å². The summed E-state index contributed by atoms with van der Waals surface area (Å²) in [4.78, 5) is 72.2. The van der Waals surface area contributed by atoms with Crippen LogP contribution in [0.25, 0.3) is 0 Å². The molecule has 1 aliphatic carbocycles. The number of amides is 5. The van der Waals surface area contributed by atoms with Crippen molar-refractivity contribution in [3.63, 3.8) is 0 Å². The Labute approximate surface area is 344 Å². The van der Waals surface area contributed by atoms with Crippen LogP contribution in [0.2, 0.25) is 0 Å². The molecular weight excluding hydrogens is 743 g/mol. The fraction of sp³-hybridized carbons (Fsp3) is 0.396. The van der Waals surface area contributed by atoms with E-state index in [4.69, 9.17) is 0 Å². The van der Waals surface area contributed by atoms with Gasteiger partial charge in [0.2, 0.25) is 17.7 Å². The maximum atomic E-state index is 13.7. The van der Waals surface area contributed by atoms with Gasteiger partial charge in [0.1, 0.15) is 11.8 Å². The Balaban J connectivity index is 0.765. The number of aryl methyl sites for hydroxylation is 1. The normalized spacial score (nSPS) is 25.0. The predicted octanol–water partition coefficient (Wildman–Crippen LogP) is 5.88. The molecule has 0 unspecified atom stereocenters. The van der Waals surface area contributed by atoms with Gasteiger partial charge in [0, 0.05) is 56.8 Å². The zero-order valence-corrected chi connectivity index (χ0v) is 33.4. The summed E-state index contributed by atoms with van der Waals surface area (Å²) in [5.74, 6) is -1.05. The number of carbonyl (C=O) groups is 5. The van der Waals surface area contributed by atoms with Crippen molar-refractivity contribution >= 4 is 35.2 Å². The second-order valence-corrected chi connectivity index (χ2v) is 17.8. The number of hydrogen-bond donors (Lipinski definition) is 2. The van der Waals surface area contributed by atoms with Gasteiger partial charge in [0.25, 0.3) is 11.8 Å². The first kappa shape index (κ1) is 37.5. The van der Waals surface area contributed by atoms with Gasteiger partial charge in [-0.15, -0.1) is 0 Å². The highest BCUT2D eigenvalue weighted by Gasteiger charge is 2.47. The summed E-state index contributed by atoms with van der Waals surface area (Å²) in [6.07, 6.45) is 5.20. The van der Waals surface area contributed by atoms with Crippen molar-refractivity contribution in [1.29, 1.82) is 0 Å². The first-order valence-electron chi connectivity index (χ1n) is 21.1. The zero-order chi connectivity index (χ0) is 40.6. The van der Waals surface area contributed by atoms with Crippen LogP contribution in [-0.4, -0.2) is 87.6 Å². The Hall–Kier alpha value is -5.81. The van der Waals surface area contributed by atoms with Crippen LogP contribution in [0, 0.1) is 5.41 Å². The number of nitrogens with zero attached hydrogens (tertiary/aromatic N) is 4. The molecule has 5 amide bonds. The molecule has 3 saturated heterocycles. The summed E-state index contributed by atoms with van der Waals surface area (Å²) in [6.45, 7) is 6.02. The second-order valence-electron chi connectivity index (χ2n) is 17.8. The van der Waals surface area contributed by atoms with E-state index in [0.717, 1.165) is 67.8 Å². The Morgan fingerprint density at radius 3 is 2.17 bits per heavy atom. The number of carbonyl (C=O) groups excluding carboxylic acids is 5. The Morgan fingerprint density at radius 1 is 0.797 bits per heavy atom. The number of fused-ring (bicyclic) bond motifs is 3. The molecule has 4 aromatic rings. The lowest BCUT2D eigenvalue weighted by molar-refractivity contribution is -0.136. The molecule has 11 heteroatoms. The number of piperidine rings is 2. The maximum absolute atomic E-state index is 13.7. The molecule has 1 spiro atoms.